The number of carbonyl (C=O) groups is 2. The fourth-order valence-corrected chi connectivity index (χ4v) is 6.07. The van der Waals surface area contributed by atoms with Crippen LogP contribution in [-0.4, -0.2) is 70.0 Å². The summed E-state index contributed by atoms with van der Waals surface area (Å²) in [7, 11) is 1.17. The van der Waals surface area contributed by atoms with Crippen molar-refractivity contribution in [1.82, 2.24) is 0 Å². The number of phosphoric ester groups is 1. The number of phosphoric acid groups is 1. The minimum absolute atomic E-state index is 0.0277. The SMILES string of the molecule is CC[C@H](C)CCCCCCCCCCC(=O)OC[C@H](COP(=O)([O-])OCC[N+](C)(C)C)OC(=O)CCCCCCCCCCCC(C)C. The highest BCUT2D eigenvalue weighted by Gasteiger charge is 2.21. The molecule has 0 aliphatic heterocycles. The van der Waals surface area contributed by atoms with E-state index in [1.807, 2.05) is 21.1 Å². The highest BCUT2D eigenvalue weighted by atomic mass is 31.2. The van der Waals surface area contributed by atoms with Crippen LogP contribution in [0.5, 0.6) is 0 Å². The molecule has 0 bridgehead atoms. The smallest absolute Gasteiger partial charge is 0.306 e. The molecule has 0 aliphatic carbocycles. The molecule has 0 fully saturated rings. The van der Waals surface area contributed by atoms with Gasteiger partial charge in [0.15, 0.2) is 6.10 Å². The van der Waals surface area contributed by atoms with Crippen LogP contribution in [0.25, 0.3) is 0 Å². The molecule has 0 aliphatic rings. The van der Waals surface area contributed by atoms with Crippen molar-refractivity contribution in [2.24, 2.45) is 11.8 Å². The lowest BCUT2D eigenvalue weighted by Crippen LogP contribution is -2.37. The van der Waals surface area contributed by atoms with Gasteiger partial charge in [-0.2, -0.15) is 0 Å². The van der Waals surface area contributed by atoms with Crippen LogP contribution in [0.15, 0.2) is 0 Å². The number of rotatable bonds is 34. The molecule has 286 valence electrons. The molecule has 0 rings (SSSR count). The number of esters is 2. The lowest BCUT2D eigenvalue weighted by Gasteiger charge is -2.28. The van der Waals surface area contributed by atoms with E-state index in [4.69, 9.17) is 18.5 Å². The lowest BCUT2D eigenvalue weighted by atomic mass is 9.99. The molecule has 0 aromatic carbocycles. The second-order valence-electron chi connectivity index (χ2n) is 15.4. The third-order valence-electron chi connectivity index (χ3n) is 8.85. The zero-order valence-electron chi connectivity index (χ0n) is 32.3. The van der Waals surface area contributed by atoms with Gasteiger partial charge in [0.25, 0.3) is 7.82 Å². The number of ether oxygens (including phenoxy) is 2. The van der Waals surface area contributed by atoms with E-state index in [9.17, 15) is 19.0 Å². The first-order valence-corrected chi connectivity index (χ1v) is 21.0. The fourth-order valence-electron chi connectivity index (χ4n) is 5.34. The van der Waals surface area contributed by atoms with Crippen molar-refractivity contribution in [2.75, 3.05) is 47.5 Å². The maximum Gasteiger partial charge on any atom is 0.306 e. The van der Waals surface area contributed by atoms with Crippen LogP contribution in [0.2, 0.25) is 0 Å². The summed E-state index contributed by atoms with van der Waals surface area (Å²) in [6.07, 6.45) is 22.8. The molecule has 0 aromatic heterocycles. The summed E-state index contributed by atoms with van der Waals surface area (Å²) in [5.74, 6) is 0.781. The molecule has 0 N–H and O–H groups in total. The first-order valence-electron chi connectivity index (χ1n) is 19.5. The molecule has 0 spiro atoms. The molecule has 10 heteroatoms. The molecule has 48 heavy (non-hydrogen) atoms. The topological polar surface area (TPSA) is 111 Å². The Morgan fingerprint density at radius 3 is 1.58 bits per heavy atom. The number of unbranched alkanes of at least 4 members (excludes halogenated alkanes) is 15. The molecule has 1 unspecified atom stereocenters. The lowest BCUT2D eigenvalue weighted by molar-refractivity contribution is -0.870. The number of nitrogens with zero attached hydrogens (tertiary/aromatic N) is 1. The van der Waals surface area contributed by atoms with Crippen LogP contribution >= 0.6 is 7.82 Å². The van der Waals surface area contributed by atoms with E-state index in [2.05, 4.69) is 27.7 Å². The summed E-state index contributed by atoms with van der Waals surface area (Å²) in [4.78, 5) is 37.3. The summed E-state index contributed by atoms with van der Waals surface area (Å²) in [5, 5.41) is 0. The van der Waals surface area contributed by atoms with Gasteiger partial charge in [-0.3, -0.25) is 14.2 Å². The molecule has 0 heterocycles. The Hall–Kier alpha value is -0.990. The number of hydrogen-bond acceptors (Lipinski definition) is 8. The summed E-state index contributed by atoms with van der Waals surface area (Å²) >= 11 is 0. The second kappa shape index (κ2) is 29.7. The molecule has 0 radical (unpaired) electrons. The first-order chi connectivity index (χ1) is 22.7. The van der Waals surface area contributed by atoms with Gasteiger partial charge >= 0.3 is 11.9 Å². The van der Waals surface area contributed by atoms with Gasteiger partial charge in [0.1, 0.15) is 19.8 Å². The predicted octanol–water partition coefficient (Wildman–Crippen LogP) is 9.54. The summed E-state index contributed by atoms with van der Waals surface area (Å²) in [6, 6.07) is 0. The maximum absolute atomic E-state index is 12.6. The van der Waals surface area contributed by atoms with Crippen molar-refractivity contribution in [1.29, 1.82) is 0 Å². The van der Waals surface area contributed by atoms with Gasteiger partial charge in [0, 0.05) is 12.8 Å². The van der Waals surface area contributed by atoms with Gasteiger partial charge in [-0.05, 0) is 24.7 Å². The van der Waals surface area contributed by atoms with E-state index >= 15 is 0 Å². The normalized spacial score (nSPS) is 14.5. The Morgan fingerprint density at radius 1 is 0.646 bits per heavy atom. The monoisotopic (exact) mass is 706 g/mol. The molecule has 0 amide bonds. The number of hydrogen-bond donors (Lipinski definition) is 0. The number of quaternary nitrogens is 1. The van der Waals surface area contributed by atoms with Crippen LogP contribution in [0, 0.1) is 11.8 Å². The number of likely N-dealkylation sites (N-methyl/N-ethyl adjacent to an activating group) is 1. The van der Waals surface area contributed by atoms with Gasteiger partial charge in [-0.25, -0.2) is 0 Å². The molecule has 3 atom stereocenters. The van der Waals surface area contributed by atoms with Crippen molar-refractivity contribution >= 4 is 19.8 Å². The average molecular weight is 706 g/mol. The standard InChI is InChI=1S/C38H76NO8P/c1-8-35(4)27-23-19-15-12-13-16-20-24-28-37(40)44-32-36(33-46-48(42,43)45-31-30-39(5,6)7)47-38(41)29-25-21-17-11-9-10-14-18-22-26-34(2)3/h34-36H,8-33H2,1-7H3/t35-,36+/m0/s1. The van der Waals surface area contributed by atoms with Crippen molar-refractivity contribution in [3.63, 3.8) is 0 Å². The Labute approximate surface area is 295 Å². The summed E-state index contributed by atoms with van der Waals surface area (Å²) < 4.78 is 33.8. The van der Waals surface area contributed by atoms with E-state index in [-0.39, 0.29) is 32.0 Å². The van der Waals surface area contributed by atoms with Crippen LogP contribution in [0.3, 0.4) is 0 Å². The average Bonchev–Trinajstić information content (AvgIpc) is 3.00. The first kappa shape index (κ1) is 47.0. The Kier molecular flexibility index (Phi) is 29.1. The van der Waals surface area contributed by atoms with Crippen molar-refractivity contribution < 1.29 is 42.1 Å². The van der Waals surface area contributed by atoms with Gasteiger partial charge in [0.2, 0.25) is 0 Å². The minimum Gasteiger partial charge on any atom is -0.756 e. The van der Waals surface area contributed by atoms with Gasteiger partial charge in [-0.15, -0.1) is 0 Å². The molecule has 0 aromatic rings. The van der Waals surface area contributed by atoms with E-state index < -0.39 is 26.5 Å². The van der Waals surface area contributed by atoms with E-state index in [1.54, 1.807) is 0 Å². The molecule has 0 saturated heterocycles. The van der Waals surface area contributed by atoms with Gasteiger partial charge in [-0.1, -0.05) is 143 Å². The Bertz CT molecular complexity index is 832. The van der Waals surface area contributed by atoms with Crippen LogP contribution in [0.4, 0.5) is 0 Å². The number of carbonyl (C=O) groups excluding carboxylic acids is 2. The third-order valence-corrected chi connectivity index (χ3v) is 9.81. The zero-order valence-corrected chi connectivity index (χ0v) is 33.2. The Balaban J connectivity index is 4.44. The van der Waals surface area contributed by atoms with E-state index in [0.717, 1.165) is 50.4 Å². The molecule has 9 nitrogen and oxygen atoms in total. The van der Waals surface area contributed by atoms with Crippen molar-refractivity contribution in [3.8, 4) is 0 Å². The second-order valence-corrected chi connectivity index (χ2v) is 16.8. The predicted molar refractivity (Wildman–Crippen MR) is 194 cm³/mol. The fraction of sp³-hybridized carbons (Fsp3) is 0.947. The minimum atomic E-state index is -4.61. The quantitative estimate of drug-likeness (QED) is 0.0282. The van der Waals surface area contributed by atoms with Crippen LogP contribution in [-0.2, 0) is 32.7 Å². The van der Waals surface area contributed by atoms with Crippen LogP contribution in [0.1, 0.15) is 169 Å². The van der Waals surface area contributed by atoms with Crippen molar-refractivity contribution in [2.45, 2.75) is 175 Å². The molecule has 0 saturated carbocycles. The summed E-state index contributed by atoms with van der Waals surface area (Å²) in [5.41, 5.74) is 0. The van der Waals surface area contributed by atoms with Gasteiger partial charge in [0.05, 0.1) is 27.7 Å². The van der Waals surface area contributed by atoms with Gasteiger partial charge < -0.3 is 27.9 Å². The Morgan fingerprint density at radius 2 is 1.10 bits per heavy atom. The molecular formula is C38H76NO8P. The van der Waals surface area contributed by atoms with Crippen LogP contribution < -0.4 is 4.89 Å². The maximum atomic E-state index is 12.6. The zero-order chi connectivity index (χ0) is 36.1. The van der Waals surface area contributed by atoms with Crippen molar-refractivity contribution in [3.05, 3.63) is 0 Å². The highest BCUT2D eigenvalue weighted by molar-refractivity contribution is 7.45. The highest BCUT2D eigenvalue weighted by Crippen LogP contribution is 2.38. The van der Waals surface area contributed by atoms with E-state index in [0.29, 0.717) is 17.4 Å². The van der Waals surface area contributed by atoms with E-state index in [1.165, 1.54) is 83.5 Å². The third kappa shape index (κ3) is 33.5. The molecular weight excluding hydrogens is 629 g/mol. The largest absolute Gasteiger partial charge is 0.756 e. The summed E-state index contributed by atoms with van der Waals surface area (Å²) in [6.45, 7) is 8.85.